The minimum atomic E-state index is -3.92. The van der Waals surface area contributed by atoms with E-state index in [9.17, 15) is 17.9 Å². The van der Waals surface area contributed by atoms with Gasteiger partial charge in [-0.2, -0.15) is 0 Å². The zero-order valence-corrected chi connectivity index (χ0v) is 12.5. The molecule has 4 nitrogen and oxygen atoms in total. The Morgan fingerprint density at radius 2 is 1.90 bits per heavy atom. The van der Waals surface area contributed by atoms with Crippen molar-refractivity contribution >= 4 is 15.7 Å². The second kappa shape index (κ2) is 5.83. The van der Waals surface area contributed by atoms with Gasteiger partial charge in [0.15, 0.2) is 0 Å². The van der Waals surface area contributed by atoms with E-state index in [1.165, 1.54) is 18.2 Å². The molecule has 0 aliphatic rings. The first-order valence-corrected chi connectivity index (χ1v) is 7.82. The molecule has 0 aromatic heterocycles. The van der Waals surface area contributed by atoms with Crippen molar-refractivity contribution in [1.29, 1.82) is 0 Å². The minimum Gasteiger partial charge on any atom is -0.392 e. The van der Waals surface area contributed by atoms with Crippen LogP contribution in [-0.2, 0) is 16.6 Å². The second-order valence-corrected chi connectivity index (χ2v) is 6.46. The molecule has 6 heteroatoms. The van der Waals surface area contributed by atoms with E-state index in [0.29, 0.717) is 5.56 Å². The van der Waals surface area contributed by atoms with Crippen LogP contribution >= 0.6 is 0 Å². The number of aliphatic hydroxyl groups is 1. The number of halogens is 1. The van der Waals surface area contributed by atoms with E-state index in [0.717, 1.165) is 11.6 Å². The van der Waals surface area contributed by atoms with Crippen LogP contribution in [-0.4, -0.2) is 13.5 Å². The third kappa shape index (κ3) is 3.22. The van der Waals surface area contributed by atoms with E-state index in [2.05, 4.69) is 4.72 Å². The van der Waals surface area contributed by atoms with E-state index in [4.69, 9.17) is 0 Å². The Labute approximate surface area is 123 Å². The Morgan fingerprint density at radius 3 is 2.57 bits per heavy atom. The molecule has 0 aliphatic carbocycles. The average molecular weight is 309 g/mol. The molecule has 2 rings (SSSR count). The highest BCUT2D eigenvalue weighted by Crippen LogP contribution is 2.25. The Balaban J connectivity index is 2.50. The van der Waals surface area contributed by atoms with Crippen LogP contribution in [0.15, 0.2) is 41.3 Å². The SMILES string of the molecule is Cc1ccc(C)c(S(=O)(=O)Nc2c(F)cccc2CO)c1. The van der Waals surface area contributed by atoms with Crippen molar-refractivity contribution in [3.8, 4) is 0 Å². The van der Waals surface area contributed by atoms with Gasteiger partial charge in [-0.25, -0.2) is 12.8 Å². The Hall–Kier alpha value is -1.92. The van der Waals surface area contributed by atoms with Crippen LogP contribution in [0.4, 0.5) is 10.1 Å². The third-order valence-corrected chi connectivity index (χ3v) is 4.63. The molecule has 0 fully saturated rings. The molecule has 2 aromatic rings. The lowest BCUT2D eigenvalue weighted by Gasteiger charge is -2.14. The van der Waals surface area contributed by atoms with Crippen molar-refractivity contribution in [3.05, 3.63) is 58.9 Å². The monoisotopic (exact) mass is 309 g/mol. The Kier molecular flexibility index (Phi) is 4.29. The molecule has 0 bridgehead atoms. The van der Waals surface area contributed by atoms with Crippen molar-refractivity contribution in [2.75, 3.05) is 4.72 Å². The van der Waals surface area contributed by atoms with Gasteiger partial charge in [0.25, 0.3) is 10.0 Å². The van der Waals surface area contributed by atoms with Gasteiger partial charge in [0, 0.05) is 5.56 Å². The summed E-state index contributed by atoms with van der Waals surface area (Å²) in [6, 6.07) is 9.03. The topological polar surface area (TPSA) is 66.4 Å². The van der Waals surface area contributed by atoms with E-state index >= 15 is 0 Å². The number of benzene rings is 2. The number of aryl methyl sites for hydroxylation is 2. The molecule has 2 N–H and O–H groups in total. The van der Waals surface area contributed by atoms with Crippen molar-refractivity contribution < 1.29 is 17.9 Å². The van der Waals surface area contributed by atoms with Gasteiger partial charge in [-0.05, 0) is 37.1 Å². The molecule has 0 saturated carbocycles. The van der Waals surface area contributed by atoms with Crippen molar-refractivity contribution in [2.24, 2.45) is 0 Å². The summed E-state index contributed by atoms with van der Waals surface area (Å²) in [5, 5.41) is 9.21. The van der Waals surface area contributed by atoms with Gasteiger partial charge in [0.2, 0.25) is 0 Å². The van der Waals surface area contributed by atoms with Crippen LogP contribution in [0.2, 0.25) is 0 Å². The smallest absolute Gasteiger partial charge is 0.262 e. The largest absolute Gasteiger partial charge is 0.392 e. The summed E-state index contributed by atoms with van der Waals surface area (Å²) < 4.78 is 40.9. The normalized spacial score (nSPS) is 11.4. The van der Waals surface area contributed by atoms with Crippen molar-refractivity contribution in [3.63, 3.8) is 0 Å². The second-order valence-electron chi connectivity index (χ2n) is 4.81. The van der Waals surface area contributed by atoms with Gasteiger partial charge in [-0.15, -0.1) is 0 Å². The zero-order chi connectivity index (χ0) is 15.6. The number of rotatable bonds is 4. The van der Waals surface area contributed by atoms with Gasteiger partial charge in [0.1, 0.15) is 5.82 Å². The van der Waals surface area contributed by atoms with Gasteiger partial charge >= 0.3 is 0 Å². The van der Waals surface area contributed by atoms with Crippen LogP contribution in [0.3, 0.4) is 0 Å². The highest BCUT2D eigenvalue weighted by molar-refractivity contribution is 7.92. The molecule has 112 valence electrons. The minimum absolute atomic E-state index is 0.0923. The molecular weight excluding hydrogens is 293 g/mol. The lowest BCUT2D eigenvalue weighted by molar-refractivity contribution is 0.282. The summed E-state index contributed by atoms with van der Waals surface area (Å²) in [7, 11) is -3.92. The van der Waals surface area contributed by atoms with Gasteiger partial charge in [-0.3, -0.25) is 4.72 Å². The molecule has 0 spiro atoms. The van der Waals surface area contributed by atoms with Crippen LogP contribution in [0, 0.1) is 19.7 Å². The molecule has 0 heterocycles. The molecular formula is C15H16FNO3S. The number of hydrogen-bond acceptors (Lipinski definition) is 3. The van der Waals surface area contributed by atoms with E-state index in [1.807, 2.05) is 0 Å². The summed E-state index contributed by atoms with van der Waals surface area (Å²) in [5.74, 6) is -0.726. The van der Waals surface area contributed by atoms with Crippen molar-refractivity contribution in [1.82, 2.24) is 0 Å². The number of para-hydroxylation sites is 1. The summed E-state index contributed by atoms with van der Waals surface area (Å²) in [6.07, 6.45) is 0. The molecule has 0 aliphatic heterocycles. The predicted octanol–water partition coefficient (Wildman–Crippen LogP) is 2.74. The fourth-order valence-electron chi connectivity index (χ4n) is 2.00. The van der Waals surface area contributed by atoms with Gasteiger partial charge in [0.05, 0.1) is 17.2 Å². The number of sulfonamides is 1. The van der Waals surface area contributed by atoms with E-state index in [-0.39, 0.29) is 16.1 Å². The number of nitrogens with one attached hydrogen (secondary N) is 1. The standard InChI is InChI=1S/C15H16FNO3S/c1-10-6-7-11(2)14(8-10)21(19,20)17-15-12(9-18)4-3-5-13(15)16/h3-8,17-18H,9H2,1-2H3. The number of aliphatic hydroxyl groups excluding tert-OH is 1. The number of anilines is 1. The molecule has 21 heavy (non-hydrogen) atoms. The van der Waals surface area contributed by atoms with Crippen LogP contribution in [0.5, 0.6) is 0 Å². The molecule has 0 amide bonds. The quantitative estimate of drug-likeness (QED) is 0.912. The van der Waals surface area contributed by atoms with Crippen molar-refractivity contribution in [2.45, 2.75) is 25.3 Å². The first kappa shape index (κ1) is 15.5. The number of hydrogen-bond donors (Lipinski definition) is 2. The van der Waals surface area contributed by atoms with E-state index < -0.39 is 22.4 Å². The summed E-state index contributed by atoms with van der Waals surface area (Å²) in [4.78, 5) is 0.0923. The first-order valence-electron chi connectivity index (χ1n) is 6.33. The van der Waals surface area contributed by atoms with E-state index in [1.54, 1.807) is 26.0 Å². The molecule has 0 atom stereocenters. The molecule has 0 unspecified atom stereocenters. The summed E-state index contributed by atoms with van der Waals surface area (Å²) >= 11 is 0. The summed E-state index contributed by atoms with van der Waals surface area (Å²) in [5.41, 5.74) is 1.32. The van der Waals surface area contributed by atoms with Crippen LogP contribution in [0.1, 0.15) is 16.7 Å². The van der Waals surface area contributed by atoms with Crippen LogP contribution < -0.4 is 4.72 Å². The molecule has 2 aromatic carbocycles. The lowest BCUT2D eigenvalue weighted by atomic mass is 10.2. The fourth-order valence-corrected chi connectivity index (χ4v) is 3.44. The average Bonchev–Trinajstić information content (AvgIpc) is 2.43. The van der Waals surface area contributed by atoms with Gasteiger partial charge in [-0.1, -0.05) is 24.3 Å². The van der Waals surface area contributed by atoms with Crippen LogP contribution in [0.25, 0.3) is 0 Å². The highest BCUT2D eigenvalue weighted by Gasteiger charge is 2.20. The highest BCUT2D eigenvalue weighted by atomic mass is 32.2. The summed E-state index contributed by atoms with van der Waals surface area (Å²) in [6.45, 7) is 2.99. The maximum Gasteiger partial charge on any atom is 0.262 e. The maximum atomic E-state index is 13.8. The predicted molar refractivity (Wildman–Crippen MR) is 79.0 cm³/mol. The lowest BCUT2D eigenvalue weighted by Crippen LogP contribution is -2.16. The third-order valence-electron chi connectivity index (χ3n) is 3.14. The Morgan fingerprint density at radius 1 is 1.19 bits per heavy atom. The van der Waals surface area contributed by atoms with Gasteiger partial charge < -0.3 is 5.11 Å². The zero-order valence-electron chi connectivity index (χ0n) is 11.7. The molecule has 0 saturated heterocycles. The Bertz CT molecular complexity index is 772. The fraction of sp³-hybridized carbons (Fsp3) is 0.200. The maximum absolute atomic E-state index is 13.8. The first-order chi connectivity index (χ1) is 9.85. The molecule has 0 radical (unpaired) electrons.